The summed E-state index contributed by atoms with van der Waals surface area (Å²) in [6.07, 6.45) is 0.620. The molecule has 0 radical (unpaired) electrons. The van der Waals surface area contributed by atoms with Gasteiger partial charge in [-0.2, -0.15) is 5.10 Å². The molecule has 2 aromatic carbocycles. The molecular formula is C27H24Cl3N5O2. The van der Waals surface area contributed by atoms with E-state index in [1.807, 2.05) is 50.2 Å². The highest BCUT2D eigenvalue weighted by molar-refractivity contribution is 6.36. The van der Waals surface area contributed by atoms with Gasteiger partial charge in [-0.1, -0.05) is 46.9 Å². The first-order chi connectivity index (χ1) is 17.6. The van der Waals surface area contributed by atoms with Gasteiger partial charge in [0.2, 0.25) is 11.8 Å². The number of halogens is 3. The van der Waals surface area contributed by atoms with Crippen molar-refractivity contribution < 1.29 is 9.53 Å². The average molecular weight is 557 g/mol. The van der Waals surface area contributed by atoms with Gasteiger partial charge in [-0.3, -0.25) is 9.89 Å². The molecule has 1 atom stereocenters. The summed E-state index contributed by atoms with van der Waals surface area (Å²) in [5.74, 6) is 1.35. The van der Waals surface area contributed by atoms with Crippen LogP contribution in [-0.4, -0.2) is 31.7 Å². The number of rotatable bonds is 5. The minimum absolute atomic E-state index is 0.0629. The van der Waals surface area contributed by atoms with E-state index in [1.54, 1.807) is 19.1 Å². The van der Waals surface area contributed by atoms with Crippen LogP contribution < -0.4 is 10.1 Å². The Labute approximate surface area is 229 Å². The number of nitrogens with one attached hydrogen (secondary N) is 2. The molecule has 1 unspecified atom stereocenters. The summed E-state index contributed by atoms with van der Waals surface area (Å²) in [6, 6.07) is 14.5. The lowest BCUT2D eigenvalue weighted by Gasteiger charge is -2.37. The van der Waals surface area contributed by atoms with Gasteiger partial charge in [-0.25, -0.2) is 9.97 Å². The number of pyridine rings is 1. The lowest BCUT2D eigenvalue weighted by molar-refractivity contribution is -0.121. The van der Waals surface area contributed by atoms with E-state index in [-0.39, 0.29) is 18.4 Å². The fourth-order valence-corrected chi connectivity index (χ4v) is 5.09. The Morgan fingerprint density at radius 2 is 1.78 bits per heavy atom. The second-order valence-electron chi connectivity index (χ2n) is 9.61. The summed E-state index contributed by atoms with van der Waals surface area (Å²) in [7, 11) is 0. The lowest BCUT2D eigenvalue weighted by atomic mass is 9.88. The van der Waals surface area contributed by atoms with Gasteiger partial charge in [0.15, 0.2) is 5.82 Å². The maximum absolute atomic E-state index is 13.0. The molecule has 37 heavy (non-hydrogen) atoms. The number of benzene rings is 2. The van der Waals surface area contributed by atoms with Crippen molar-refractivity contribution in [3.05, 3.63) is 80.8 Å². The van der Waals surface area contributed by atoms with E-state index in [2.05, 4.69) is 20.5 Å². The van der Waals surface area contributed by atoms with Crippen LogP contribution in [0.4, 0.5) is 0 Å². The number of H-pyrrole nitrogens is 1. The van der Waals surface area contributed by atoms with Crippen LogP contribution in [0.25, 0.3) is 22.4 Å². The van der Waals surface area contributed by atoms with Crippen LogP contribution in [0.15, 0.2) is 48.5 Å². The van der Waals surface area contributed by atoms with Gasteiger partial charge in [-0.05, 0) is 62.7 Å². The molecule has 0 fully saturated rings. The minimum Gasteiger partial charge on any atom is -0.471 e. The molecule has 190 valence electrons. The van der Waals surface area contributed by atoms with Gasteiger partial charge in [0.1, 0.15) is 11.4 Å². The third kappa shape index (κ3) is 5.59. The number of amides is 1. The van der Waals surface area contributed by atoms with Crippen molar-refractivity contribution in [3.8, 4) is 28.3 Å². The van der Waals surface area contributed by atoms with E-state index in [9.17, 15) is 4.79 Å². The van der Waals surface area contributed by atoms with Gasteiger partial charge in [0.25, 0.3) is 0 Å². The zero-order valence-corrected chi connectivity index (χ0v) is 22.7. The number of hydrogen-bond acceptors (Lipinski definition) is 5. The van der Waals surface area contributed by atoms with Crippen molar-refractivity contribution in [2.75, 3.05) is 0 Å². The molecule has 4 aromatic rings. The molecule has 3 heterocycles. The monoisotopic (exact) mass is 555 g/mol. The molecule has 0 bridgehead atoms. The molecule has 2 N–H and O–H groups in total. The van der Waals surface area contributed by atoms with Crippen molar-refractivity contribution in [3.63, 3.8) is 0 Å². The predicted molar refractivity (Wildman–Crippen MR) is 145 cm³/mol. The molecule has 1 aliphatic heterocycles. The first-order valence-corrected chi connectivity index (χ1v) is 12.8. The van der Waals surface area contributed by atoms with Crippen LogP contribution >= 0.6 is 34.8 Å². The van der Waals surface area contributed by atoms with Crippen molar-refractivity contribution in [2.45, 2.75) is 45.3 Å². The average Bonchev–Trinajstić information content (AvgIpc) is 3.22. The summed E-state index contributed by atoms with van der Waals surface area (Å²) >= 11 is 18.9. The Morgan fingerprint density at radius 3 is 2.46 bits per heavy atom. The Hall–Kier alpha value is -3.13. The number of carbonyl (C=O) groups is 1. The topological polar surface area (TPSA) is 92.8 Å². The van der Waals surface area contributed by atoms with Crippen molar-refractivity contribution in [1.82, 2.24) is 25.5 Å². The number of aromatic nitrogens is 4. The van der Waals surface area contributed by atoms with E-state index in [0.29, 0.717) is 50.3 Å². The first kappa shape index (κ1) is 25.5. The van der Waals surface area contributed by atoms with Crippen LogP contribution in [-0.2, 0) is 11.2 Å². The number of nitrogens with zero attached hydrogens (tertiary/aromatic N) is 3. The summed E-state index contributed by atoms with van der Waals surface area (Å²) in [6.45, 7) is 5.73. The highest BCUT2D eigenvalue weighted by Crippen LogP contribution is 2.44. The molecule has 10 heteroatoms. The molecule has 7 nitrogen and oxygen atoms in total. The molecule has 5 rings (SSSR count). The molecule has 0 saturated carbocycles. The first-order valence-electron chi connectivity index (χ1n) is 11.7. The van der Waals surface area contributed by atoms with Crippen molar-refractivity contribution in [2.24, 2.45) is 0 Å². The molecular weight excluding hydrogens is 533 g/mol. The van der Waals surface area contributed by atoms with E-state index < -0.39 is 5.60 Å². The third-order valence-electron chi connectivity index (χ3n) is 6.10. The number of aryl methyl sites for hydroxylation is 1. The summed E-state index contributed by atoms with van der Waals surface area (Å²) in [5.41, 5.74) is 3.28. The van der Waals surface area contributed by atoms with Gasteiger partial charge < -0.3 is 10.1 Å². The van der Waals surface area contributed by atoms with Crippen molar-refractivity contribution >= 4 is 40.7 Å². The van der Waals surface area contributed by atoms with Crippen LogP contribution in [0.5, 0.6) is 5.88 Å². The maximum atomic E-state index is 13.0. The van der Waals surface area contributed by atoms with E-state index >= 15 is 0 Å². The maximum Gasteiger partial charge on any atom is 0.228 e. The molecule has 0 saturated heterocycles. The van der Waals surface area contributed by atoms with Gasteiger partial charge >= 0.3 is 0 Å². The van der Waals surface area contributed by atoms with Crippen LogP contribution in [0.2, 0.25) is 15.1 Å². The lowest BCUT2D eigenvalue weighted by Crippen LogP contribution is -2.42. The smallest absolute Gasteiger partial charge is 0.228 e. The second-order valence-corrected chi connectivity index (χ2v) is 10.9. The largest absolute Gasteiger partial charge is 0.471 e. The van der Waals surface area contributed by atoms with E-state index in [4.69, 9.17) is 44.5 Å². The summed E-state index contributed by atoms with van der Waals surface area (Å²) in [4.78, 5) is 22.1. The molecule has 0 aliphatic carbocycles. The normalized spacial score (nSPS) is 16.1. The van der Waals surface area contributed by atoms with E-state index in [0.717, 1.165) is 16.7 Å². The zero-order chi connectivity index (χ0) is 26.3. The van der Waals surface area contributed by atoms with Crippen LogP contribution in [0, 0.1) is 6.92 Å². The highest BCUT2D eigenvalue weighted by atomic mass is 35.5. The number of hydrogen-bond donors (Lipinski definition) is 2. The Balaban J connectivity index is 1.61. The standard InChI is InChI=1S/C27H24Cl3N5O2/c1-14-31-23(35-34-14)12-24(36)32-22-13-27(2,3)37-26-20(22)11-19(15-4-6-16(28)7-5-15)25(33-26)18-9-8-17(29)10-21(18)30/h4-11,22H,12-13H2,1-3H3,(H,32,36)(H,31,34,35). The molecule has 2 aromatic heterocycles. The fraction of sp³-hybridized carbons (Fsp3) is 0.259. The molecule has 0 spiro atoms. The molecule has 1 aliphatic rings. The number of carbonyl (C=O) groups excluding carboxylic acids is 1. The second kappa shape index (κ2) is 9.97. The SMILES string of the molecule is Cc1nc(CC(=O)NC2CC(C)(C)Oc3nc(-c4ccc(Cl)cc4Cl)c(-c4ccc(Cl)cc4)cc32)n[nH]1. The van der Waals surface area contributed by atoms with Crippen LogP contribution in [0.1, 0.15) is 43.5 Å². The molecule has 1 amide bonds. The van der Waals surface area contributed by atoms with E-state index in [1.165, 1.54) is 0 Å². The fourth-order valence-electron chi connectivity index (χ4n) is 4.47. The van der Waals surface area contributed by atoms with Gasteiger partial charge in [0.05, 0.1) is 23.2 Å². The van der Waals surface area contributed by atoms with Gasteiger partial charge in [0, 0.05) is 33.2 Å². The summed E-state index contributed by atoms with van der Waals surface area (Å²) in [5, 5.41) is 11.6. The predicted octanol–water partition coefficient (Wildman–Crippen LogP) is 6.76. The number of aromatic amines is 1. The third-order valence-corrected chi connectivity index (χ3v) is 6.90. The Kier molecular flexibility index (Phi) is 6.88. The quantitative estimate of drug-likeness (QED) is 0.283. The number of fused-ring (bicyclic) bond motifs is 1. The zero-order valence-electron chi connectivity index (χ0n) is 20.4. The summed E-state index contributed by atoms with van der Waals surface area (Å²) < 4.78 is 6.31. The Bertz CT molecular complexity index is 1480. The highest BCUT2D eigenvalue weighted by Gasteiger charge is 2.37. The van der Waals surface area contributed by atoms with Gasteiger partial charge in [-0.15, -0.1) is 0 Å². The Morgan fingerprint density at radius 1 is 1.05 bits per heavy atom. The van der Waals surface area contributed by atoms with Crippen LogP contribution in [0.3, 0.4) is 0 Å². The minimum atomic E-state index is -0.567. The van der Waals surface area contributed by atoms with Crippen molar-refractivity contribution in [1.29, 1.82) is 0 Å². The number of ether oxygens (including phenoxy) is 1.